The smallest absolute Gasteiger partial charge is 0.306 e. The highest BCUT2D eigenvalue weighted by atomic mass is 16.5. The van der Waals surface area contributed by atoms with Crippen molar-refractivity contribution in [1.82, 2.24) is 0 Å². The molecule has 0 aromatic carbocycles. The number of rotatable bonds is 8. The summed E-state index contributed by atoms with van der Waals surface area (Å²) in [4.78, 5) is 12.2. The predicted molar refractivity (Wildman–Crippen MR) is 91.8 cm³/mol. The largest absolute Gasteiger partial charge is 0.462 e. The summed E-state index contributed by atoms with van der Waals surface area (Å²) in [5.74, 6) is 1.57. The minimum atomic E-state index is 0.0733. The van der Waals surface area contributed by atoms with Gasteiger partial charge in [0.25, 0.3) is 0 Å². The van der Waals surface area contributed by atoms with Gasteiger partial charge in [-0.15, -0.1) is 0 Å². The van der Waals surface area contributed by atoms with E-state index >= 15 is 0 Å². The Labute approximate surface area is 137 Å². The summed E-state index contributed by atoms with van der Waals surface area (Å²) in [5, 5.41) is 0. The fraction of sp³-hybridized carbons (Fsp3) is 0.950. The van der Waals surface area contributed by atoms with Crippen LogP contribution in [0.1, 0.15) is 103 Å². The van der Waals surface area contributed by atoms with E-state index in [-0.39, 0.29) is 12.1 Å². The second-order valence-corrected chi connectivity index (χ2v) is 7.54. The van der Waals surface area contributed by atoms with Crippen LogP contribution in [0.4, 0.5) is 0 Å². The van der Waals surface area contributed by atoms with Crippen LogP contribution < -0.4 is 0 Å². The lowest BCUT2D eigenvalue weighted by molar-refractivity contribution is -0.155. The number of unbranched alkanes of at least 4 members (excludes halogenated alkanes) is 4. The third-order valence-corrected chi connectivity index (χ3v) is 5.78. The van der Waals surface area contributed by atoms with E-state index in [9.17, 15) is 4.79 Å². The van der Waals surface area contributed by atoms with Crippen molar-refractivity contribution >= 4 is 5.97 Å². The minimum Gasteiger partial charge on any atom is -0.462 e. The van der Waals surface area contributed by atoms with Crippen LogP contribution in [0.25, 0.3) is 0 Å². The van der Waals surface area contributed by atoms with Gasteiger partial charge < -0.3 is 4.74 Å². The first-order valence-corrected chi connectivity index (χ1v) is 10.0. The minimum absolute atomic E-state index is 0.0733. The summed E-state index contributed by atoms with van der Waals surface area (Å²) in [6, 6.07) is 0. The van der Waals surface area contributed by atoms with Crippen molar-refractivity contribution in [2.24, 2.45) is 11.8 Å². The Hall–Kier alpha value is -0.530. The van der Waals surface area contributed by atoms with Gasteiger partial charge in [-0.3, -0.25) is 4.79 Å². The Kier molecular flexibility index (Phi) is 8.33. The molecule has 0 aromatic heterocycles. The van der Waals surface area contributed by atoms with Crippen LogP contribution in [0, 0.1) is 11.8 Å². The van der Waals surface area contributed by atoms with Crippen molar-refractivity contribution in [3.8, 4) is 0 Å². The van der Waals surface area contributed by atoms with Crippen LogP contribution in [0.3, 0.4) is 0 Å². The Morgan fingerprint density at radius 2 is 1.55 bits per heavy atom. The molecule has 2 atom stereocenters. The first-order chi connectivity index (χ1) is 10.8. The van der Waals surface area contributed by atoms with E-state index in [2.05, 4.69) is 6.92 Å². The van der Waals surface area contributed by atoms with Crippen LogP contribution in [0.5, 0.6) is 0 Å². The molecule has 2 saturated carbocycles. The molecule has 2 aliphatic carbocycles. The first-order valence-electron chi connectivity index (χ1n) is 10.0. The summed E-state index contributed by atoms with van der Waals surface area (Å²) in [7, 11) is 0. The zero-order valence-corrected chi connectivity index (χ0v) is 14.7. The molecule has 0 spiro atoms. The molecule has 0 saturated heterocycles. The Balaban J connectivity index is 1.72. The van der Waals surface area contributed by atoms with Gasteiger partial charge in [0.15, 0.2) is 0 Å². The van der Waals surface area contributed by atoms with Gasteiger partial charge in [0.05, 0.1) is 0 Å². The summed E-state index contributed by atoms with van der Waals surface area (Å²) < 4.78 is 5.92. The maximum Gasteiger partial charge on any atom is 0.306 e. The second kappa shape index (κ2) is 10.3. The highest BCUT2D eigenvalue weighted by Crippen LogP contribution is 2.39. The van der Waals surface area contributed by atoms with Crippen LogP contribution >= 0.6 is 0 Å². The molecule has 2 rings (SSSR count). The molecule has 0 aliphatic heterocycles. The van der Waals surface area contributed by atoms with Crippen molar-refractivity contribution < 1.29 is 9.53 Å². The zero-order chi connectivity index (χ0) is 15.6. The molecule has 2 fully saturated rings. The lowest BCUT2D eigenvalue weighted by atomic mass is 9.72. The summed E-state index contributed by atoms with van der Waals surface area (Å²) >= 11 is 0. The fourth-order valence-electron chi connectivity index (χ4n) is 4.47. The lowest BCUT2D eigenvalue weighted by Gasteiger charge is -2.38. The van der Waals surface area contributed by atoms with Gasteiger partial charge in [0, 0.05) is 6.42 Å². The molecule has 128 valence electrons. The molecule has 2 nitrogen and oxygen atoms in total. The average Bonchev–Trinajstić information content (AvgIpc) is 2.56. The molecule has 2 aliphatic rings. The third-order valence-electron chi connectivity index (χ3n) is 5.78. The number of hydrogen-bond donors (Lipinski definition) is 0. The number of carbonyl (C=O) groups is 1. The van der Waals surface area contributed by atoms with Gasteiger partial charge in [-0.1, -0.05) is 71.1 Å². The fourth-order valence-corrected chi connectivity index (χ4v) is 4.47. The van der Waals surface area contributed by atoms with E-state index in [4.69, 9.17) is 4.74 Å². The molecule has 0 aromatic rings. The molecule has 0 amide bonds. The zero-order valence-electron chi connectivity index (χ0n) is 14.7. The monoisotopic (exact) mass is 308 g/mol. The number of esters is 1. The number of ether oxygens (including phenoxy) is 1. The molecule has 2 heteroatoms. The molecule has 0 heterocycles. The topological polar surface area (TPSA) is 26.3 Å². The predicted octanol–water partition coefficient (Wildman–Crippen LogP) is 6.03. The van der Waals surface area contributed by atoms with Crippen LogP contribution in [0.2, 0.25) is 0 Å². The summed E-state index contributed by atoms with van der Waals surface area (Å²) in [6.45, 7) is 2.22. The van der Waals surface area contributed by atoms with Crippen molar-refractivity contribution in [3.05, 3.63) is 0 Å². The highest BCUT2D eigenvalue weighted by molar-refractivity contribution is 5.69. The third kappa shape index (κ3) is 5.93. The molecule has 0 N–H and O–H groups in total. The standard InChI is InChI=1S/C20H36O2/c1-2-3-4-5-9-16-20(21)22-19-15-11-10-14-18(19)17-12-7-6-8-13-17/h17-19H,2-16H2,1H3/t18-,19-/m0/s1. The van der Waals surface area contributed by atoms with Gasteiger partial charge in [-0.05, 0) is 37.5 Å². The molecular formula is C20H36O2. The van der Waals surface area contributed by atoms with Crippen LogP contribution in [0.15, 0.2) is 0 Å². The van der Waals surface area contributed by atoms with E-state index in [0.29, 0.717) is 12.3 Å². The van der Waals surface area contributed by atoms with Gasteiger partial charge in [0.2, 0.25) is 0 Å². The molecular weight excluding hydrogens is 272 g/mol. The van der Waals surface area contributed by atoms with Crippen LogP contribution in [-0.4, -0.2) is 12.1 Å². The SMILES string of the molecule is CCCCCCCC(=O)O[C@H]1CCCC[C@H]1C1CCCCC1. The van der Waals surface area contributed by atoms with Crippen molar-refractivity contribution in [2.75, 3.05) is 0 Å². The van der Waals surface area contributed by atoms with E-state index in [1.807, 2.05) is 0 Å². The van der Waals surface area contributed by atoms with Crippen molar-refractivity contribution in [3.63, 3.8) is 0 Å². The van der Waals surface area contributed by atoms with E-state index in [1.54, 1.807) is 0 Å². The van der Waals surface area contributed by atoms with Crippen molar-refractivity contribution in [1.29, 1.82) is 0 Å². The molecule has 22 heavy (non-hydrogen) atoms. The van der Waals surface area contributed by atoms with Gasteiger partial charge in [-0.25, -0.2) is 0 Å². The Bertz CT molecular complexity index is 307. The van der Waals surface area contributed by atoms with Gasteiger partial charge in [0.1, 0.15) is 6.10 Å². The van der Waals surface area contributed by atoms with Crippen LogP contribution in [-0.2, 0) is 9.53 Å². The quantitative estimate of drug-likeness (QED) is 0.404. The molecule has 0 bridgehead atoms. The van der Waals surface area contributed by atoms with E-state index < -0.39 is 0 Å². The number of carbonyl (C=O) groups excluding carboxylic acids is 1. The molecule has 0 radical (unpaired) electrons. The lowest BCUT2D eigenvalue weighted by Crippen LogP contribution is -2.35. The van der Waals surface area contributed by atoms with Crippen molar-refractivity contribution in [2.45, 2.75) is 109 Å². The maximum atomic E-state index is 12.2. The number of hydrogen-bond acceptors (Lipinski definition) is 2. The first kappa shape index (κ1) is 17.8. The second-order valence-electron chi connectivity index (χ2n) is 7.54. The highest BCUT2D eigenvalue weighted by Gasteiger charge is 2.34. The average molecular weight is 309 g/mol. The van der Waals surface area contributed by atoms with Gasteiger partial charge in [-0.2, -0.15) is 0 Å². The Morgan fingerprint density at radius 1 is 0.864 bits per heavy atom. The van der Waals surface area contributed by atoms with E-state index in [0.717, 1.165) is 18.8 Å². The maximum absolute atomic E-state index is 12.2. The Morgan fingerprint density at radius 3 is 2.32 bits per heavy atom. The normalized spacial score (nSPS) is 26.8. The summed E-state index contributed by atoms with van der Waals surface area (Å²) in [6.07, 6.45) is 18.8. The molecule has 0 unspecified atom stereocenters. The van der Waals surface area contributed by atoms with Gasteiger partial charge >= 0.3 is 5.97 Å². The summed E-state index contributed by atoms with van der Waals surface area (Å²) in [5.41, 5.74) is 0. The van der Waals surface area contributed by atoms with E-state index in [1.165, 1.54) is 77.0 Å².